The van der Waals surface area contributed by atoms with Crippen molar-refractivity contribution in [1.82, 2.24) is 4.90 Å². The standard InChI is InChI=1S/C21H29N3O2/c1-3-24(4-2)13-8-14-26-18-11-12-20(19(15-18)21(22)25)23-16-17-9-6-5-7-10-17/h5-7,9-12,15,23H,3-4,8,13-14,16H2,1-2H3,(H2,22,25). The molecule has 140 valence electrons. The molecule has 0 atom stereocenters. The summed E-state index contributed by atoms with van der Waals surface area (Å²) in [4.78, 5) is 14.2. The number of hydrogen-bond acceptors (Lipinski definition) is 4. The molecule has 2 rings (SSSR count). The molecule has 3 N–H and O–H groups in total. The number of hydrogen-bond donors (Lipinski definition) is 2. The van der Waals surface area contributed by atoms with E-state index < -0.39 is 5.91 Å². The van der Waals surface area contributed by atoms with Crippen molar-refractivity contribution in [3.63, 3.8) is 0 Å². The van der Waals surface area contributed by atoms with E-state index in [0.29, 0.717) is 24.5 Å². The van der Waals surface area contributed by atoms with Crippen LogP contribution in [0.4, 0.5) is 5.69 Å². The number of primary amides is 1. The van der Waals surface area contributed by atoms with Gasteiger partial charge >= 0.3 is 0 Å². The van der Waals surface area contributed by atoms with Crippen LogP contribution in [0.25, 0.3) is 0 Å². The lowest BCUT2D eigenvalue weighted by Gasteiger charge is -2.18. The number of nitrogens with one attached hydrogen (secondary N) is 1. The third-order valence-electron chi connectivity index (χ3n) is 4.36. The quantitative estimate of drug-likeness (QED) is 0.605. The highest BCUT2D eigenvalue weighted by molar-refractivity contribution is 5.98. The fourth-order valence-corrected chi connectivity index (χ4v) is 2.78. The Morgan fingerprint density at radius 3 is 2.50 bits per heavy atom. The average Bonchev–Trinajstić information content (AvgIpc) is 2.67. The summed E-state index contributed by atoms with van der Waals surface area (Å²) in [5.74, 6) is 0.206. The highest BCUT2D eigenvalue weighted by Gasteiger charge is 2.10. The molecule has 0 aliphatic rings. The number of ether oxygens (including phenoxy) is 1. The second-order valence-corrected chi connectivity index (χ2v) is 6.14. The summed E-state index contributed by atoms with van der Waals surface area (Å²) in [7, 11) is 0. The van der Waals surface area contributed by atoms with Gasteiger partial charge in [0, 0.05) is 18.8 Å². The van der Waals surface area contributed by atoms with Crippen LogP contribution >= 0.6 is 0 Å². The van der Waals surface area contributed by atoms with E-state index in [0.717, 1.165) is 37.3 Å². The number of rotatable bonds is 11. The monoisotopic (exact) mass is 355 g/mol. The first kappa shape index (κ1) is 19.8. The van der Waals surface area contributed by atoms with Gasteiger partial charge in [0.05, 0.1) is 12.2 Å². The van der Waals surface area contributed by atoms with E-state index in [2.05, 4.69) is 24.1 Å². The van der Waals surface area contributed by atoms with Gasteiger partial charge in [0.25, 0.3) is 5.91 Å². The first-order valence-corrected chi connectivity index (χ1v) is 9.20. The van der Waals surface area contributed by atoms with Gasteiger partial charge in [-0.3, -0.25) is 4.79 Å². The fourth-order valence-electron chi connectivity index (χ4n) is 2.78. The van der Waals surface area contributed by atoms with Gasteiger partial charge in [-0.1, -0.05) is 44.2 Å². The van der Waals surface area contributed by atoms with Gasteiger partial charge in [-0.15, -0.1) is 0 Å². The molecule has 26 heavy (non-hydrogen) atoms. The normalized spacial score (nSPS) is 10.7. The largest absolute Gasteiger partial charge is 0.494 e. The van der Waals surface area contributed by atoms with Crippen molar-refractivity contribution >= 4 is 11.6 Å². The molecule has 0 saturated carbocycles. The molecule has 0 spiro atoms. The minimum atomic E-state index is -0.464. The fraction of sp³-hybridized carbons (Fsp3) is 0.381. The van der Waals surface area contributed by atoms with E-state index in [1.54, 1.807) is 6.07 Å². The molecule has 0 aliphatic carbocycles. The average molecular weight is 355 g/mol. The molecule has 0 unspecified atom stereocenters. The molecule has 0 aliphatic heterocycles. The molecule has 2 aromatic rings. The van der Waals surface area contributed by atoms with E-state index in [-0.39, 0.29) is 0 Å². The SMILES string of the molecule is CCN(CC)CCCOc1ccc(NCc2ccccc2)c(C(N)=O)c1. The van der Waals surface area contributed by atoms with Gasteiger partial charge in [0.1, 0.15) is 5.75 Å². The Kier molecular flexibility index (Phi) is 7.96. The Labute approximate surface area is 156 Å². The second-order valence-electron chi connectivity index (χ2n) is 6.14. The topological polar surface area (TPSA) is 67.6 Å². The molecule has 0 heterocycles. The molecule has 0 bridgehead atoms. The number of nitrogens with two attached hydrogens (primary N) is 1. The molecular formula is C21H29N3O2. The van der Waals surface area contributed by atoms with Crippen molar-refractivity contribution in [1.29, 1.82) is 0 Å². The first-order valence-electron chi connectivity index (χ1n) is 9.20. The summed E-state index contributed by atoms with van der Waals surface area (Å²) in [5, 5.41) is 3.27. The number of carbonyl (C=O) groups is 1. The van der Waals surface area contributed by atoms with Crippen molar-refractivity contribution in [2.45, 2.75) is 26.8 Å². The molecule has 0 saturated heterocycles. The summed E-state index contributed by atoms with van der Waals surface area (Å²) in [6.45, 7) is 8.66. The summed E-state index contributed by atoms with van der Waals surface area (Å²) in [6.07, 6.45) is 0.946. The zero-order valence-corrected chi connectivity index (χ0v) is 15.7. The minimum Gasteiger partial charge on any atom is -0.494 e. The van der Waals surface area contributed by atoms with E-state index in [1.807, 2.05) is 42.5 Å². The number of amides is 1. The molecule has 5 heteroatoms. The van der Waals surface area contributed by atoms with Crippen molar-refractivity contribution in [3.8, 4) is 5.75 Å². The maximum absolute atomic E-state index is 11.8. The molecule has 0 fully saturated rings. The summed E-state index contributed by atoms with van der Waals surface area (Å²) in [6, 6.07) is 15.5. The first-order chi connectivity index (χ1) is 12.6. The van der Waals surface area contributed by atoms with Crippen LogP contribution in [-0.2, 0) is 6.54 Å². The molecule has 0 aromatic heterocycles. The Morgan fingerprint density at radius 2 is 1.85 bits per heavy atom. The maximum atomic E-state index is 11.8. The number of benzene rings is 2. The predicted octanol–water partition coefficient (Wildman–Crippen LogP) is 3.51. The van der Waals surface area contributed by atoms with Gasteiger partial charge < -0.3 is 20.7 Å². The van der Waals surface area contributed by atoms with Crippen molar-refractivity contribution < 1.29 is 9.53 Å². The van der Waals surface area contributed by atoms with E-state index in [1.165, 1.54) is 0 Å². The van der Waals surface area contributed by atoms with Crippen LogP contribution in [-0.4, -0.2) is 37.0 Å². The summed E-state index contributed by atoms with van der Waals surface area (Å²) < 4.78 is 5.79. The molecule has 5 nitrogen and oxygen atoms in total. The molecule has 2 aromatic carbocycles. The number of nitrogens with zero attached hydrogens (tertiary/aromatic N) is 1. The highest BCUT2D eigenvalue weighted by Crippen LogP contribution is 2.23. The lowest BCUT2D eigenvalue weighted by molar-refractivity contribution is 0.100. The van der Waals surface area contributed by atoms with Gasteiger partial charge in [-0.05, 0) is 43.3 Å². The Morgan fingerprint density at radius 1 is 1.12 bits per heavy atom. The van der Waals surface area contributed by atoms with Gasteiger partial charge in [-0.2, -0.15) is 0 Å². The zero-order valence-electron chi connectivity index (χ0n) is 15.7. The van der Waals surface area contributed by atoms with E-state index in [9.17, 15) is 4.79 Å². The van der Waals surface area contributed by atoms with E-state index >= 15 is 0 Å². The molecule has 1 amide bonds. The van der Waals surface area contributed by atoms with Crippen molar-refractivity contribution in [3.05, 3.63) is 59.7 Å². The maximum Gasteiger partial charge on any atom is 0.250 e. The lowest BCUT2D eigenvalue weighted by Crippen LogP contribution is -2.25. The van der Waals surface area contributed by atoms with Crippen LogP contribution in [0.3, 0.4) is 0 Å². The van der Waals surface area contributed by atoms with Crippen LogP contribution in [0.1, 0.15) is 36.2 Å². The van der Waals surface area contributed by atoms with Gasteiger partial charge in [0.2, 0.25) is 0 Å². The number of anilines is 1. The summed E-state index contributed by atoms with van der Waals surface area (Å²) >= 11 is 0. The van der Waals surface area contributed by atoms with Crippen LogP contribution in [0.2, 0.25) is 0 Å². The van der Waals surface area contributed by atoms with Gasteiger partial charge in [0.15, 0.2) is 0 Å². The third-order valence-corrected chi connectivity index (χ3v) is 4.36. The van der Waals surface area contributed by atoms with Crippen LogP contribution < -0.4 is 15.8 Å². The lowest BCUT2D eigenvalue weighted by atomic mass is 10.1. The minimum absolute atomic E-state index is 0.446. The third kappa shape index (κ3) is 6.08. The number of carbonyl (C=O) groups excluding carboxylic acids is 1. The molecular weight excluding hydrogens is 326 g/mol. The predicted molar refractivity (Wildman–Crippen MR) is 107 cm³/mol. The van der Waals surface area contributed by atoms with E-state index in [4.69, 9.17) is 10.5 Å². The van der Waals surface area contributed by atoms with Crippen LogP contribution in [0.5, 0.6) is 5.75 Å². The highest BCUT2D eigenvalue weighted by atomic mass is 16.5. The zero-order chi connectivity index (χ0) is 18.8. The Bertz CT molecular complexity index is 685. The van der Waals surface area contributed by atoms with Crippen LogP contribution in [0.15, 0.2) is 48.5 Å². The van der Waals surface area contributed by atoms with Crippen LogP contribution in [0, 0.1) is 0 Å². The summed E-state index contributed by atoms with van der Waals surface area (Å²) in [5.41, 5.74) is 7.85. The smallest absolute Gasteiger partial charge is 0.250 e. The van der Waals surface area contributed by atoms with Crippen molar-refractivity contribution in [2.75, 3.05) is 31.6 Å². The molecule has 0 radical (unpaired) electrons. The second kappa shape index (κ2) is 10.5. The Balaban J connectivity index is 1.94. The Hall–Kier alpha value is -2.53. The van der Waals surface area contributed by atoms with Gasteiger partial charge in [-0.25, -0.2) is 0 Å². The van der Waals surface area contributed by atoms with Crippen molar-refractivity contribution in [2.24, 2.45) is 5.73 Å².